The molecule has 0 saturated heterocycles. The highest BCUT2D eigenvalue weighted by Gasteiger charge is 2.23. The first-order chi connectivity index (χ1) is 12.3. The molecule has 2 aromatic rings. The fraction of sp³-hybridized carbons (Fsp3) is 0.176. The molecule has 2 rings (SSSR count). The van der Waals surface area contributed by atoms with Gasteiger partial charge in [-0.05, 0) is 30.5 Å². The molecule has 1 aromatic carbocycles. The number of amides is 2. The lowest BCUT2D eigenvalue weighted by molar-refractivity contribution is -0.139. The van der Waals surface area contributed by atoms with Gasteiger partial charge in [0.25, 0.3) is 11.8 Å². The summed E-state index contributed by atoms with van der Waals surface area (Å²) in [5, 5.41) is 15.4. The smallest absolute Gasteiger partial charge is 0.328 e. The number of thiophene rings is 1. The highest BCUT2D eigenvalue weighted by molar-refractivity contribution is 7.12. The minimum Gasteiger partial charge on any atom is -0.480 e. The van der Waals surface area contributed by atoms with Crippen LogP contribution in [0.15, 0.2) is 35.7 Å². The molecule has 3 N–H and O–H groups in total. The maximum Gasteiger partial charge on any atom is 0.328 e. The standard InChI is InChI=1S/C17H15FN2O5S/c1-9(21)10-4-5-11(12(18)7-10)15(22)20-13(17(24)25)8-19-16(23)14-3-2-6-26-14/h2-7,13H,8H2,1H3,(H,19,23)(H,20,22)(H,24,25). The number of carboxylic acids is 1. The Labute approximate surface area is 151 Å². The molecular weight excluding hydrogens is 363 g/mol. The Morgan fingerprint density at radius 2 is 1.92 bits per heavy atom. The first-order valence-electron chi connectivity index (χ1n) is 7.45. The van der Waals surface area contributed by atoms with Gasteiger partial charge in [-0.2, -0.15) is 0 Å². The summed E-state index contributed by atoms with van der Waals surface area (Å²) in [6.07, 6.45) is 0. The molecule has 1 atom stereocenters. The molecule has 26 heavy (non-hydrogen) atoms. The van der Waals surface area contributed by atoms with Crippen molar-refractivity contribution < 1.29 is 28.7 Å². The molecule has 136 valence electrons. The van der Waals surface area contributed by atoms with E-state index in [0.29, 0.717) is 4.88 Å². The number of carbonyl (C=O) groups is 4. The summed E-state index contributed by atoms with van der Waals surface area (Å²) in [4.78, 5) is 46.9. The van der Waals surface area contributed by atoms with Gasteiger partial charge in [-0.25, -0.2) is 9.18 Å². The van der Waals surface area contributed by atoms with Gasteiger partial charge in [-0.15, -0.1) is 11.3 Å². The van der Waals surface area contributed by atoms with E-state index < -0.39 is 35.2 Å². The molecule has 0 aliphatic heterocycles. The van der Waals surface area contributed by atoms with E-state index in [2.05, 4.69) is 10.6 Å². The van der Waals surface area contributed by atoms with Crippen LogP contribution in [0.3, 0.4) is 0 Å². The van der Waals surface area contributed by atoms with E-state index in [0.717, 1.165) is 12.1 Å². The minimum absolute atomic E-state index is 0.0945. The molecule has 9 heteroatoms. The van der Waals surface area contributed by atoms with Crippen molar-refractivity contribution >= 4 is 34.9 Å². The lowest BCUT2D eigenvalue weighted by Gasteiger charge is -2.15. The highest BCUT2D eigenvalue weighted by Crippen LogP contribution is 2.12. The number of ketones is 1. The average molecular weight is 378 g/mol. The van der Waals surface area contributed by atoms with Crippen molar-refractivity contribution in [1.29, 1.82) is 0 Å². The van der Waals surface area contributed by atoms with Crippen LogP contribution in [0.1, 0.15) is 37.3 Å². The van der Waals surface area contributed by atoms with Crippen molar-refractivity contribution in [3.63, 3.8) is 0 Å². The first-order valence-corrected chi connectivity index (χ1v) is 8.33. The summed E-state index contributed by atoms with van der Waals surface area (Å²) in [6, 6.07) is 5.08. The molecule has 0 saturated carbocycles. The van der Waals surface area contributed by atoms with E-state index in [9.17, 15) is 28.7 Å². The second kappa shape index (κ2) is 8.34. The van der Waals surface area contributed by atoms with Crippen LogP contribution >= 0.6 is 11.3 Å². The summed E-state index contributed by atoms with van der Waals surface area (Å²) in [5.41, 5.74) is -0.303. The number of rotatable bonds is 7. The third-order valence-corrected chi connectivity index (χ3v) is 4.30. The number of aliphatic carboxylic acids is 1. The number of carbonyl (C=O) groups excluding carboxylic acids is 3. The number of nitrogens with one attached hydrogen (secondary N) is 2. The zero-order valence-electron chi connectivity index (χ0n) is 13.6. The second-order valence-corrected chi connectivity index (χ2v) is 6.25. The molecule has 0 aliphatic rings. The van der Waals surface area contributed by atoms with Crippen LogP contribution < -0.4 is 10.6 Å². The van der Waals surface area contributed by atoms with Gasteiger partial charge in [-0.3, -0.25) is 14.4 Å². The molecule has 1 heterocycles. The Bertz CT molecular complexity index is 851. The normalized spacial score (nSPS) is 11.5. The number of hydrogen-bond acceptors (Lipinski definition) is 5. The quantitative estimate of drug-likeness (QED) is 0.635. The number of Topliss-reactive ketones (excluding diaryl/α,β-unsaturated/α-hetero) is 1. The minimum atomic E-state index is -1.45. The lowest BCUT2D eigenvalue weighted by atomic mass is 10.1. The number of carboxylic acid groups (broad SMARTS) is 1. The number of benzene rings is 1. The summed E-state index contributed by atoms with van der Waals surface area (Å²) < 4.78 is 14.0. The van der Waals surface area contributed by atoms with Gasteiger partial charge in [0, 0.05) is 12.1 Å². The fourth-order valence-electron chi connectivity index (χ4n) is 2.04. The van der Waals surface area contributed by atoms with Gasteiger partial charge in [0.05, 0.1) is 10.4 Å². The SMILES string of the molecule is CC(=O)c1ccc(C(=O)NC(CNC(=O)c2cccs2)C(=O)O)c(F)c1. The number of halogens is 1. The molecule has 0 fully saturated rings. The Morgan fingerprint density at radius 3 is 2.46 bits per heavy atom. The third-order valence-electron chi connectivity index (χ3n) is 3.44. The topological polar surface area (TPSA) is 113 Å². The molecule has 7 nitrogen and oxygen atoms in total. The van der Waals surface area contributed by atoms with Crippen molar-refractivity contribution in [3.8, 4) is 0 Å². The van der Waals surface area contributed by atoms with Gasteiger partial charge in [0.15, 0.2) is 5.78 Å². The predicted octanol–water partition coefficient (Wildman–Crippen LogP) is 1.70. The van der Waals surface area contributed by atoms with Crippen LogP contribution in [-0.4, -0.2) is 41.3 Å². The van der Waals surface area contributed by atoms with E-state index in [-0.39, 0.29) is 17.9 Å². The van der Waals surface area contributed by atoms with Crippen LogP contribution in [0.5, 0.6) is 0 Å². The molecule has 1 unspecified atom stereocenters. The monoisotopic (exact) mass is 378 g/mol. The van der Waals surface area contributed by atoms with E-state index >= 15 is 0 Å². The molecule has 2 amide bonds. The molecule has 0 aliphatic carbocycles. The van der Waals surface area contributed by atoms with Crippen LogP contribution in [0.2, 0.25) is 0 Å². The van der Waals surface area contributed by atoms with E-state index in [4.69, 9.17) is 0 Å². The van der Waals surface area contributed by atoms with Gasteiger partial charge in [-0.1, -0.05) is 12.1 Å². The van der Waals surface area contributed by atoms with Gasteiger partial charge >= 0.3 is 5.97 Å². The van der Waals surface area contributed by atoms with Crippen LogP contribution in [0.25, 0.3) is 0 Å². The summed E-state index contributed by atoms with van der Waals surface area (Å²) in [7, 11) is 0. The van der Waals surface area contributed by atoms with Gasteiger partial charge in [0.1, 0.15) is 11.9 Å². The van der Waals surface area contributed by atoms with Crippen LogP contribution in [0, 0.1) is 5.82 Å². The zero-order chi connectivity index (χ0) is 19.3. The van der Waals surface area contributed by atoms with Gasteiger partial charge < -0.3 is 15.7 Å². The van der Waals surface area contributed by atoms with Crippen molar-refractivity contribution in [2.75, 3.05) is 6.54 Å². The van der Waals surface area contributed by atoms with Gasteiger partial charge in [0.2, 0.25) is 0 Å². The van der Waals surface area contributed by atoms with Crippen molar-refractivity contribution in [2.45, 2.75) is 13.0 Å². The Balaban J connectivity index is 2.05. The van der Waals surface area contributed by atoms with Crippen molar-refractivity contribution in [2.24, 2.45) is 0 Å². The molecule has 0 spiro atoms. The fourth-order valence-corrected chi connectivity index (χ4v) is 2.68. The average Bonchev–Trinajstić information content (AvgIpc) is 3.12. The first kappa shape index (κ1) is 19.3. The lowest BCUT2D eigenvalue weighted by Crippen LogP contribution is -2.48. The number of hydrogen-bond donors (Lipinski definition) is 3. The summed E-state index contributed by atoms with van der Waals surface area (Å²) >= 11 is 1.18. The van der Waals surface area contributed by atoms with E-state index in [1.165, 1.54) is 24.3 Å². The van der Waals surface area contributed by atoms with Crippen molar-refractivity contribution in [3.05, 3.63) is 57.5 Å². The molecule has 0 bridgehead atoms. The van der Waals surface area contributed by atoms with Crippen LogP contribution in [0.4, 0.5) is 4.39 Å². The van der Waals surface area contributed by atoms with E-state index in [1.54, 1.807) is 17.5 Å². The summed E-state index contributed by atoms with van der Waals surface area (Å²) in [5.74, 6) is -4.13. The van der Waals surface area contributed by atoms with E-state index in [1.807, 2.05) is 0 Å². The Hall–Kier alpha value is -3.07. The molecule has 0 radical (unpaired) electrons. The Morgan fingerprint density at radius 1 is 1.19 bits per heavy atom. The van der Waals surface area contributed by atoms with Crippen molar-refractivity contribution in [1.82, 2.24) is 10.6 Å². The second-order valence-electron chi connectivity index (χ2n) is 5.30. The molecular formula is C17H15FN2O5S. The molecule has 1 aromatic heterocycles. The maximum absolute atomic E-state index is 14.0. The zero-order valence-corrected chi connectivity index (χ0v) is 14.4. The maximum atomic E-state index is 14.0. The Kier molecular flexibility index (Phi) is 6.18. The van der Waals surface area contributed by atoms with Crippen LogP contribution in [-0.2, 0) is 4.79 Å². The predicted molar refractivity (Wildman–Crippen MR) is 91.9 cm³/mol. The largest absolute Gasteiger partial charge is 0.480 e. The highest BCUT2D eigenvalue weighted by atomic mass is 32.1. The third kappa shape index (κ3) is 4.73. The summed E-state index contributed by atoms with van der Waals surface area (Å²) in [6.45, 7) is 0.885.